The van der Waals surface area contributed by atoms with Gasteiger partial charge in [0.1, 0.15) is 0 Å². The molecular weight excluding hydrogens is 190 g/mol. The second kappa shape index (κ2) is 4.81. The lowest BCUT2D eigenvalue weighted by Gasteiger charge is -2.37. The number of hydrogen-bond donors (Lipinski definition) is 2. The van der Waals surface area contributed by atoms with Crippen molar-refractivity contribution in [1.82, 2.24) is 5.32 Å². The second-order valence-corrected chi connectivity index (χ2v) is 5.12. The predicted octanol–water partition coefficient (Wildman–Crippen LogP) is 1.45. The normalized spacial score (nSPS) is 36.8. The van der Waals surface area contributed by atoms with Crippen LogP contribution < -0.4 is 5.32 Å². The number of rotatable bonds is 5. The van der Waals surface area contributed by atoms with Crippen LogP contribution in [0, 0.1) is 0 Å². The van der Waals surface area contributed by atoms with E-state index in [1.165, 1.54) is 12.8 Å². The lowest BCUT2D eigenvalue weighted by molar-refractivity contribution is -0.103. The molecule has 2 N–H and O–H groups in total. The van der Waals surface area contributed by atoms with Crippen LogP contribution in [-0.2, 0) is 4.74 Å². The summed E-state index contributed by atoms with van der Waals surface area (Å²) in [6, 6.07) is 0.682. The van der Waals surface area contributed by atoms with Gasteiger partial charge in [-0.25, -0.2) is 0 Å². The molecule has 0 bridgehead atoms. The van der Waals surface area contributed by atoms with Crippen LogP contribution >= 0.6 is 0 Å². The number of nitrogens with one attached hydrogen (secondary N) is 1. The van der Waals surface area contributed by atoms with E-state index in [9.17, 15) is 5.11 Å². The third-order valence-electron chi connectivity index (χ3n) is 3.44. The van der Waals surface area contributed by atoms with Crippen LogP contribution in [0.2, 0.25) is 0 Å². The van der Waals surface area contributed by atoms with Crippen LogP contribution in [0.3, 0.4) is 0 Å². The van der Waals surface area contributed by atoms with Crippen molar-refractivity contribution in [3.05, 3.63) is 0 Å². The minimum Gasteiger partial charge on any atom is -0.388 e. The van der Waals surface area contributed by atoms with Gasteiger partial charge < -0.3 is 15.2 Å². The zero-order valence-corrected chi connectivity index (χ0v) is 9.67. The monoisotopic (exact) mass is 213 g/mol. The van der Waals surface area contributed by atoms with Gasteiger partial charge in [0, 0.05) is 32.0 Å². The van der Waals surface area contributed by atoms with Gasteiger partial charge in [-0.2, -0.15) is 0 Å². The molecule has 0 aromatic carbocycles. The molecule has 88 valence electrons. The summed E-state index contributed by atoms with van der Waals surface area (Å²) in [5, 5.41) is 13.8. The highest BCUT2D eigenvalue weighted by Gasteiger charge is 2.35. The molecule has 2 aliphatic rings. The summed E-state index contributed by atoms with van der Waals surface area (Å²) in [6.45, 7) is 3.63. The quantitative estimate of drug-likeness (QED) is 0.726. The smallest absolute Gasteiger partial charge is 0.0818 e. The highest BCUT2D eigenvalue weighted by Crippen LogP contribution is 2.28. The molecule has 1 saturated carbocycles. The van der Waals surface area contributed by atoms with Crippen molar-refractivity contribution in [2.24, 2.45) is 0 Å². The lowest BCUT2D eigenvalue weighted by Crippen LogP contribution is -2.48. The summed E-state index contributed by atoms with van der Waals surface area (Å²) >= 11 is 0. The number of hydrogen-bond acceptors (Lipinski definition) is 3. The maximum Gasteiger partial charge on any atom is 0.0818 e. The van der Waals surface area contributed by atoms with Gasteiger partial charge >= 0.3 is 0 Å². The molecule has 0 radical (unpaired) electrons. The first-order valence-electron chi connectivity index (χ1n) is 6.29. The summed E-state index contributed by atoms with van der Waals surface area (Å²) in [6.07, 6.45) is 6.64. The summed E-state index contributed by atoms with van der Waals surface area (Å²) in [5.74, 6) is 0. The standard InChI is InChI=1S/C12H23NO2/c1-2-3-11-8-12(14,6-7-15-11)9-13-10-4-5-10/h10-11,13-14H,2-9H2,1H3. The Labute approximate surface area is 92.2 Å². The third-order valence-corrected chi connectivity index (χ3v) is 3.44. The Morgan fingerprint density at radius 2 is 2.27 bits per heavy atom. The molecule has 3 heteroatoms. The molecule has 0 aromatic rings. The molecule has 1 saturated heterocycles. The third kappa shape index (κ3) is 3.44. The van der Waals surface area contributed by atoms with Crippen LogP contribution in [0.1, 0.15) is 45.4 Å². The molecular formula is C12H23NO2. The van der Waals surface area contributed by atoms with Gasteiger partial charge in [-0.05, 0) is 19.3 Å². The molecule has 1 heterocycles. The molecule has 0 spiro atoms. The van der Waals surface area contributed by atoms with Crippen LogP contribution in [0.5, 0.6) is 0 Å². The van der Waals surface area contributed by atoms with E-state index in [2.05, 4.69) is 12.2 Å². The fourth-order valence-electron chi connectivity index (χ4n) is 2.29. The van der Waals surface area contributed by atoms with Gasteiger partial charge in [-0.3, -0.25) is 0 Å². The molecule has 1 aliphatic heterocycles. The topological polar surface area (TPSA) is 41.5 Å². The molecule has 2 rings (SSSR count). The molecule has 2 fully saturated rings. The predicted molar refractivity (Wildman–Crippen MR) is 59.9 cm³/mol. The average Bonchev–Trinajstić information content (AvgIpc) is 2.99. The van der Waals surface area contributed by atoms with Gasteiger partial charge in [0.2, 0.25) is 0 Å². The molecule has 2 unspecified atom stereocenters. The zero-order valence-electron chi connectivity index (χ0n) is 9.67. The maximum absolute atomic E-state index is 10.4. The van der Waals surface area contributed by atoms with E-state index in [0.717, 1.165) is 32.2 Å². The number of aliphatic hydroxyl groups is 1. The molecule has 0 amide bonds. The maximum atomic E-state index is 10.4. The Balaban J connectivity index is 1.77. The average molecular weight is 213 g/mol. The van der Waals surface area contributed by atoms with Crippen molar-refractivity contribution in [2.45, 2.75) is 63.2 Å². The summed E-state index contributed by atoms with van der Waals surface area (Å²) < 4.78 is 5.65. The molecule has 1 aliphatic carbocycles. The second-order valence-electron chi connectivity index (χ2n) is 5.12. The molecule has 3 nitrogen and oxygen atoms in total. The Morgan fingerprint density at radius 1 is 1.47 bits per heavy atom. The minimum atomic E-state index is -0.513. The van der Waals surface area contributed by atoms with Crippen molar-refractivity contribution >= 4 is 0 Å². The zero-order chi connectivity index (χ0) is 10.7. The van der Waals surface area contributed by atoms with Crippen molar-refractivity contribution < 1.29 is 9.84 Å². The molecule has 0 aromatic heterocycles. The van der Waals surface area contributed by atoms with Crippen LogP contribution in [0.25, 0.3) is 0 Å². The van der Waals surface area contributed by atoms with Gasteiger partial charge in [0.15, 0.2) is 0 Å². The van der Waals surface area contributed by atoms with E-state index in [-0.39, 0.29) is 6.10 Å². The fraction of sp³-hybridized carbons (Fsp3) is 1.00. The fourth-order valence-corrected chi connectivity index (χ4v) is 2.29. The summed E-state index contributed by atoms with van der Waals surface area (Å²) in [4.78, 5) is 0. The highest BCUT2D eigenvalue weighted by molar-refractivity contribution is 4.91. The summed E-state index contributed by atoms with van der Waals surface area (Å²) in [5.41, 5.74) is -0.513. The number of ether oxygens (including phenoxy) is 1. The van der Waals surface area contributed by atoms with Crippen molar-refractivity contribution in [1.29, 1.82) is 0 Å². The Hall–Kier alpha value is -0.120. The first-order chi connectivity index (χ1) is 7.22. The van der Waals surface area contributed by atoms with Crippen LogP contribution in [0.15, 0.2) is 0 Å². The van der Waals surface area contributed by atoms with Crippen molar-refractivity contribution in [3.63, 3.8) is 0 Å². The van der Waals surface area contributed by atoms with E-state index < -0.39 is 5.60 Å². The molecule has 15 heavy (non-hydrogen) atoms. The van der Waals surface area contributed by atoms with E-state index in [1.54, 1.807) is 0 Å². The van der Waals surface area contributed by atoms with E-state index in [1.807, 2.05) is 0 Å². The summed E-state index contributed by atoms with van der Waals surface area (Å²) in [7, 11) is 0. The van der Waals surface area contributed by atoms with E-state index in [4.69, 9.17) is 4.74 Å². The van der Waals surface area contributed by atoms with E-state index >= 15 is 0 Å². The van der Waals surface area contributed by atoms with E-state index in [0.29, 0.717) is 12.6 Å². The van der Waals surface area contributed by atoms with Gasteiger partial charge in [-0.15, -0.1) is 0 Å². The first-order valence-corrected chi connectivity index (χ1v) is 6.29. The van der Waals surface area contributed by atoms with Gasteiger partial charge in [0.05, 0.1) is 11.7 Å². The Morgan fingerprint density at radius 3 is 2.93 bits per heavy atom. The van der Waals surface area contributed by atoms with Crippen LogP contribution in [-0.4, -0.2) is 36.0 Å². The Kier molecular flexibility index (Phi) is 3.65. The molecule has 2 atom stereocenters. The highest BCUT2D eigenvalue weighted by atomic mass is 16.5. The SMILES string of the molecule is CCCC1CC(O)(CNC2CC2)CCO1. The van der Waals surface area contributed by atoms with Crippen LogP contribution in [0.4, 0.5) is 0 Å². The van der Waals surface area contributed by atoms with Crippen molar-refractivity contribution in [2.75, 3.05) is 13.2 Å². The largest absolute Gasteiger partial charge is 0.388 e. The first kappa shape index (κ1) is 11.4. The minimum absolute atomic E-state index is 0.273. The van der Waals surface area contributed by atoms with Gasteiger partial charge in [0.25, 0.3) is 0 Å². The van der Waals surface area contributed by atoms with Gasteiger partial charge in [-0.1, -0.05) is 13.3 Å². The lowest BCUT2D eigenvalue weighted by atomic mass is 9.88. The van der Waals surface area contributed by atoms with Crippen molar-refractivity contribution in [3.8, 4) is 0 Å². The Bertz CT molecular complexity index is 204.